The largest absolute Gasteiger partial charge is 0.382 e. The molecule has 1 fully saturated rings. The molecule has 1 atom stereocenters. The molecule has 1 aliphatic heterocycles. The zero-order valence-corrected chi connectivity index (χ0v) is 13.5. The van der Waals surface area contributed by atoms with Crippen molar-refractivity contribution < 1.29 is 18.7 Å². The lowest BCUT2D eigenvalue weighted by molar-refractivity contribution is -0.0253. The molecule has 0 bridgehead atoms. The summed E-state index contributed by atoms with van der Waals surface area (Å²) >= 11 is 0. The van der Waals surface area contributed by atoms with Gasteiger partial charge in [0.1, 0.15) is 5.82 Å². The fourth-order valence-corrected chi connectivity index (χ4v) is 2.69. The molecule has 1 unspecified atom stereocenters. The number of aryl methyl sites for hydroxylation is 1. The minimum atomic E-state index is -0.616. The van der Waals surface area contributed by atoms with E-state index in [2.05, 4.69) is 15.5 Å². The summed E-state index contributed by atoms with van der Waals surface area (Å²) < 4.78 is 26.4. The van der Waals surface area contributed by atoms with Crippen LogP contribution in [-0.4, -0.2) is 70.5 Å². The number of benzene rings is 1. The lowest BCUT2D eigenvalue weighted by Crippen LogP contribution is -2.51. The maximum Gasteiger partial charge on any atom is 0.257 e. The van der Waals surface area contributed by atoms with E-state index in [4.69, 9.17) is 9.47 Å². The Morgan fingerprint density at radius 1 is 1.50 bits per heavy atom. The molecule has 0 saturated carbocycles. The quantitative estimate of drug-likeness (QED) is 0.814. The molecule has 1 saturated heterocycles. The Bertz CT molecular complexity index is 734. The highest BCUT2D eigenvalue weighted by atomic mass is 19.1. The smallest absolute Gasteiger partial charge is 0.257 e. The van der Waals surface area contributed by atoms with Crippen molar-refractivity contribution in [1.82, 2.24) is 25.1 Å². The number of methoxy groups -OCH3 is 1. The van der Waals surface area contributed by atoms with Crippen LogP contribution in [0.2, 0.25) is 0 Å². The van der Waals surface area contributed by atoms with Crippen LogP contribution in [0.1, 0.15) is 16.2 Å². The van der Waals surface area contributed by atoms with Crippen molar-refractivity contribution in [2.45, 2.75) is 13.0 Å². The van der Waals surface area contributed by atoms with Gasteiger partial charge in [0.05, 0.1) is 37.1 Å². The fourth-order valence-electron chi connectivity index (χ4n) is 2.69. The topological polar surface area (TPSA) is 82.4 Å². The predicted molar refractivity (Wildman–Crippen MR) is 81.4 cm³/mol. The van der Waals surface area contributed by atoms with Crippen molar-refractivity contribution >= 4 is 5.91 Å². The number of ether oxygens (including phenoxy) is 2. The van der Waals surface area contributed by atoms with Crippen molar-refractivity contribution in [3.05, 3.63) is 35.4 Å². The van der Waals surface area contributed by atoms with Crippen LogP contribution in [-0.2, 0) is 9.47 Å². The molecule has 0 aliphatic carbocycles. The molecular formula is C15H18FN5O3. The van der Waals surface area contributed by atoms with E-state index in [0.29, 0.717) is 37.9 Å². The third kappa shape index (κ3) is 3.13. The molecule has 3 rings (SSSR count). The Labute approximate surface area is 138 Å². The van der Waals surface area contributed by atoms with Gasteiger partial charge in [-0.3, -0.25) is 4.79 Å². The highest BCUT2D eigenvalue weighted by Gasteiger charge is 2.29. The summed E-state index contributed by atoms with van der Waals surface area (Å²) in [6.45, 7) is 3.26. The van der Waals surface area contributed by atoms with E-state index in [1.807, 2.05) is 0 Å². The minimum absolute atomic E-state index is 0.00693. The highest BCUT2D eigenvalue weighted by Crippen LogP contribution is 2.18. The van der Waals surface area contributed by atoms with E-state index in [1.165, 1.54) is 16.8 Å². The summed E-state index contributed by atoms with van der Waals surface area (Å²) in [4.78, 5) is 14.3. The predicted octanol–water partition coefficient (Wildman–Crippen LogP) is 0.597. The molecule has 0 spiro atoms. The average Bonchev–Trinajstić information content (AvgIpc) is 3.01. The van der Waals surface area contributed by atoms with E-state index in [1.54, 1.807) is 25.0 Å². The number of morpholine rings is 1. The van der Waals surface area contributed by atoms with Crippen LogP contribution >= 0.6 is 0 Å². The van der Waals surface area contributed by atoms with Gasteiger partial charge in [0.2, 0.25) is 0 Å². The van der Waals surface area contributed by atoms with Gasteiger partial charge in [-0.1, -0.05) is 0 Å². The van der Waals surface area contributed by atoms with Gasteiger partial charge in [0.25, 0.3) is 5.91 Å². The molecule has 2 aromatic rings. The first kappa shape index (κ1) is 16.5. The number of hydrogen-bond donors (Lipinski definition) is 0. The number of halogens is 1. The zero-order chi connectivity index (χ0) is 17.1. The van der Waals surface area contributed by atoms with Gasteiger partial charge in [-0.15, -0.1) is 5.10 Å². The number of nitrogens with zero attached hydrogens (tertiary/aromatic N) is 5. The molecule has 9 heteroatoms. The lowest BCUT2D eigenvalue weighted by atomic mass is 10.1. The summed E-state index contributed by atoms with van der Waals surface area (Å²) in [6.07, 6.45) is 0. The van der Waals surface area contributed by atoms with E-state index in [9.17, 15) is 9.18 Å². The number of hydrogen-bond acceptors (Lipinski definition) is 6. The van der Waals surface area contributed by atoms with Crippen LogP contribution in [0.5, 0.6) is 0 Å². The van der Waals surface area contributed by atoms with Crippen molar-refractivity contribution in [2.24, 2.45) is 0 Å². The number of carbonyl (C=O) groups is 1. The van der Waals surface area contributed by atoms with Gasteiger partial charge in [0.15, 0.2) is 5.82 Å². The number of rotatable bonds is 4. The monoisotopic (exact) mass is 335 g/mol. The van der Waals surface area contributed by atoms with E-state index < -0.39 is 5.82 Å². The molecule has 1 amide bonds. The fraction of sp³-hybridized carbons (Fsp3) is 0.467. The Morgan fingerprint density at radius 2 is 2.33 bits per heavy atom. The lowest BCUT2D eigenvalue weighted by Gasteiger charge is -2.35. The summed E-state index contributed by atoms with van der Waals surface area (Å²) in [5, 5.41) is 11.1. The van der Waals surface area contributed by atoms with E-state index >= 15 is 0 Å². The van der Waals surface area contributed by atoms with Gasteiger partial charge >= 0.3 is 0 Å². The first-order chi connectivity index (χ1) is 11.6. The van der Waals surface area contributed by atoms with Crippen LogP contribution in [0.15, 0.2) is 18.2 Å². The summed E-state index contributed by atoms with van der Waals surface area (Å²) in [5.74, 6) is -0.463. The summed E-state index contributed by atoms with van der Waals surface area (Å²) in [5.41, 5.74) is 0.467. The Balaban J connectivity index is 1.86. The first-order valence-corrected chi connectivity index (χ1v) is 7.54. The van der Waals surface area contributed by atoms with Crippen LogP contribution in [0.4, 0.5) is 4.39 Å². The van der Waals surface area contributed by atoms with E-state index in [-0.39, 0.29) is 17.5 Å². The second kappa shape index (κ2) is 7.02. The van der Waals surface area contributed by atoms with Crippen molar-refractivity contribution in [2.75, 3.05) is 33.5 Å². The van der Waals surface area contributed by atoms with Crippen molar-refractivity contribution in [3.8, 4) is 5.69 Å². The molecule has 1 aliphatic rings. The highest BCUT2D eigenvalue weighted by molar-refractivity contribution is 5.95. The Hall–Kier alpha value is -2.39. The maximum atomic E-state index is 14.5. The minimum Gasteiger partial charge on any atom is -0.382 e. The standard InChI is InChI=1S/C15H18FN5O3/c1-10-17-18-19-21(10)11-3-4-13(14(16)7-11)15(22)20-5-6-24-9-12(20)8-23-2/h3-4,7,12H,5-6,8-9H2,1-2H3. The molecule has 8 nitrogen and oxygen atoms in total. The normalized spacial score (nSPS) is 18.0. The van der Waals surface area contributed by atoms with Crippen LogP contribution in [0, 0.1) is 12.7 Å². The number of aromatic nitrogens is 4. The molecule has 1 aromatic carbocycles. The van der Waals surface area contributed by atoms with E-state index in [0.717, 1.165) is 0 Å². The van der Waals surface area contributed by atoms with Gasteiger partial charge in [-0.2, -0.15) is 4.68 Å². The molecule has 0 N–H and O–H groups in total. The Kier molecular flexibility index (Phi) is 4.81. The second-order valence-corrected chi connectivity index (χ2v) is 5.48. The molecule has 24 heavy (non-hydrogen) atoms. The van der Waals surface area contributed by atoms with Gasteiger partial charge < -0.3 is 14.4 Å². The van der Waals surface area contributed by atoms with Crippen LogP contribution in [0.3, 0.4) is 0 Å². The van der Waals surface area contributed by atoms with Crippen LogP contribution < -0.4 is 0 Å². The van der Waals surface area contributed by atoms with Crippen molar-refractivity contribution in [1.29, 1.82) is 0 Å². The van der Waals surface area contributed by atoms with Crippen LogP contribution in [0.25, 0.3) is 5.69 Å². The van der Waals surface area contributed by atoms with Gasteiger partial charge in [-0.05, 0) is 29.5 Å². The summed E-state index contributed by atoms with van der Waals surface area (Å²) in [6, 6.07) is 4.10. The van der Waals surface area contributed by atoms with Gasteiger partial charge in [0, 0.05) is 19.7 Å². The Morgan fingerprint density at radius 3 is 3.00 bits per heavy atom. The zero-order valence-electron chi connectivity index (χ0n) is 13.5. The molecule has 128 valence electrons. The number of amides is 1. The number of tetrazole rings is 1. The molecular weight excluding hydrogens is 317 g/mol. The molecule has 1 aromatic heterocycles. The molecule has 0 radical (unpaired) electrons. The first-order valence-electron chi connectivity index (χ1n) is 7.54. The molecule has 2 heterocycles. The third-order valence-corrected chi connectivity index (χ3v) is 3.90. The third-order valence-electron chi connectivity index (χ3n) is 3.90. The van der Waals surface area contributed by atoms with Gasteiger partial charge in [-0.25, -0.2) is 4.39 Å². The van der Waals surface area contributed by atoms with Crippen molar-refractivity contribution in [3.63, 3.8) is 0 Å². The maximum absolute atomic E-state index is 14.5. The second-order valence-electron chi connectivity index (χ2n) is 5.48. The summed E-state index contributed by atoms with van der Waals surface area (Å²) in [7, 11) is 1.56. The SMILES string of the molecule is COCC1COCCN1C(=O)c1ccc(-n2nnnc2C)cc1F. The number of carbonyl (C=O) groups excluding carboxylic acids is 1. The average molecular weight is 335 g/mol.